The van der Waals surface area contributed by atoms with Crippen LogP contribution < -0.4 is 4.74 Å². The Kier molecular flexibility index (Phi) is 5.85. The van der Waals surface area contributed by atoms with E-state index < -0.39 is 5.97 Å². The SMILES string of the molecule is Cc1oc(CN(C)C(=O)Cc2ccccc2OC(C)C)cc1C(=O)O. The number of aryl methyl sites for hydroxylation is 1. The van der Waals surface area contributed by atoms with Crippen LogP contribution in [-0.2, 0) is 17.8 Å². The normalized spacial score (nSPS) is 10.8. The zero-order valence-corrected chi connectivity index (χ0v) is 14.9. The first-order valence-electron chi connectivity index (χ1n) is 8.09. The maximum absolute atomic E-state index is 12.5. The van der Waals surface area contributed by atoms with Gasteiger partial charge >= 0.3 is 5.97 Å². The summed E-state index contributed by atoms with van der Waals surface area (Å²) in [6.45, 7) is 5.67. The molecule has 0 saturated heterocycles. The Morgan fingerprint density at radius 2 is 1.96 bits per heavy atom. The van der Waals surface area contributed by atoms with Crippen molar-refractivity contribution in [1.29, 1.82) is 0 Å². The molecule has 0 radical (unpaired) electrons. The number of hydrogen-bond donors (Lipinski definition) is 1. The number of ether oxygens (including phenoxy) is 1. The number of aromatic carboxylic acids is 1. The number of carbonyl (C=O) groups is 2. The average molecular weight is 345 g/mol. The maximum Gasteiger partial charge on any atom is 0.339 e. The van der Waals surface area contributed by atoms with Gasteiger partial charge in [0.05, 0.1) is 19.1 Å². The zero-order valence-electron chi connectivity index (χ0n) is 14.9. The Morgan fingerprint density at radius 1 is 1.28 bits per heavy atom. The third-order valence-corrected chi connectivity index (χ3v) is 3.69. The van der Waals surface area contributed by atoms with Gasteiger partial charge in [-0.2, -0.15) is 0 Å². The lowest BCUT2D eigenvalue weighted by molar-refractivity contribution is -0.129. The van der Waals surface area contributed by atoms with Crippen LogP contribution in [-0.4, -0.2) is 35.0 Å². The standard InChI is InChI=1S/C19H23NO5/c1-12(2)24-17-8-6-5-7-14(17)9-18(21)20(4)11-15-10-16(19(22)23)13(3)25-15/h5-8,10,12H,9,11H2,1-4H3,(H,22,23). The van der Waals surface area contributed by atoms with Crippen molar-refractivity contribution in [1.82, 2.24) is 4.90 Å². The van der Waals surface area contributed by atoms with Crippen LogP contribution in [0.3, 0.4) is 0 Å². The molecule has 0 unspecified atom stereocenters. The summed E-state index contributed by atoms with van der Waals surface area (Å²) in [4.78, 5) is 25.1. The van der Waals surface area contributed by atoms with Crippen LogP contribution >= 0.6 is 0 Å². The molecule has 2 rings (SSSR count). The summed E-state index contributed by atoms with van der Waals surface area (Å²) in [6, 6.07) is 8.90. The number of hydrogen-bond acceptors (Lipinski definition) is 4. The van der Waals surface area contributed by atoms with E-state index in [1.807, 2.05) is 38.1 Å². The number of para-hydroxylation sites is 1. The van der Waals surface area contributed by atoms with Crippen LogP contribution in [0.1, 0.15) is 41.3 Å². The Balaban J connectivity index is 2.06. The van der Waals surface area contributed by atoms with Gasteiger partial charge in [-0.25, -0.2) is 4.79 Å². The first-order valence-corrected chi connectivity index (χ1v) is 8.09. The Hall–Kier alpha value is -2.76. The molecule has 0 atom stereocenters. The lowest BCUT2D eigenvalue weighted by Crippen LogP contribution is -2.27. The van der Waals surface area contributed by atoms with E-state index in [0.717, 1.165) is 5.56 Å². The van der Waals surface area contributed by atoms with E-state index in [2.05, 4.69) is 0 Å². The molecule has 2 aromatic rings. The Bertz CT molecular complexity index is 763. The second kappa shape index (κ2) is 7.88. The molecule has 0 spiro atoms. The molecule has 6 heteroatoms. The molecule has 1 amide bonds. The molecule has 0 bridgehead atoms. The van der Waals surface area contributed by atoms with Gasteiger partial charge in [-0.3, -0.25) is 4.79 Å². The van der Waals surface area contributed by atoms with E-state index in [0.29, 0.717) is 17.3 Å². The fourth-order valence-corrected chi connectivity index (χ4v) is 2.47. The molecular formula is C19H23NO5. The second-order valence-electron chi connectivity index (χ2n) is 6.19. The highest BCUT2D eigenvalue weighted by Crippen LogP contribution is 2.21. The number of likely N-dealkylation sites (N-methyl/N-ethyl adjacent to an activating group) is 1. The summed E-state index contributed by atoms with van der Waals surface area (Å²) >= 11 is 0. The van der Waals surface area contributed by atoms with Gasteiger partial charge in [0.2, 0.25) is 5.91 Å². The van der Waals surface area contributed by atoms with E-state index in [-0.39, 0.29) is 30.5 Å². The minimum atomic E-state index is -1.04. The van der Waals surface area contributed by atoms with Crippen molar-refractivity contribution in [3.05, 3.63) is 53.0 Å². The van der Waals surface area contributed by atoms with Crippen LogP contribution in [0.2, 0.25) is 0 Å². The lowest BCUT2D eigenvalue weighted by atomic mass is 10.1. The fourth-order valence-electron chi connectivity index (χ4n) is 2.47. The highest BCUT2D eigenvalue weighted by atomic mass is 16.5. The predicted octanol–water partition coefficient (Wildman–Crippen LogP) is 3.27. The third-order valence-electron chi connectivity index (χ3n) is 3.69. The maximum atomic E-state index is 12.5. The van der Waals surface area contributed by atoms with Gasteiger partial charge in [0.15, 0.2) is 0 Å². The van der Waals surface area contributed by atoms with E-state index in [4.69, 9.17) is 14.3 Å². The molecule has 25 heavy (non-hydrogen) atoms. The number of carboxylic acids is 1. The van der Waals surface area contributed by atoms with Gasteiger partial charge < -0.3 is 19.2 Å². The minimum Gasteiger partial charge on any atom is -0.491 e. The van der Waals surface area contributed by atoms with Crippen LogP contribution in [0.4, 0.5) is 0 Å². The van der Waals surface area contributed by atoms with Crippen LogP contribution in [0, 0.1) is 6.92 Å². The molecular weight excluding hydrogens is 322 g/mol. The average Bonchev–Trinajstić information content (AvgIpc) is 2.89. The second-order valence-corrected chi connectivity index (χ2v) is 6.19. The molecule has 0 aliphatic rings. The third kappa shape index (κ3) is 4.86. The first kappa shape index (κ1) is 18.6. The van der Waals surface area contributed by atoms with Crippen molar-refractivity contribution < 1.29 is 23.8 Å². The molecule has 1 heterocycles. The molecule has 0 saturated carbocycles. The summed E-state index contributed by atoms with van der Waals surface area (Å²) < 4.78 is 11.2. The number of carboxylic acid groups (broad SMARTS) is 1. The fraction of sp³-hybridized carbons (Fsp3) is 0.368. The lowest BCUT2D eigenvalue weighted by Gasteiger charge is -2.18. The van der Waals surface area contributed by atoms with E-state index in [1.54, 1.807) is 14.0 Å². The summed E-state index contributed by atoms with van der Waals surface area (Å²) in [5.41, 5.74) is 0.932. The summed E-state index contributed by atoms with van der Waals surface area (Å²) in [7, 11) is 1.66. The monoisotopic (exact) mass is 345 g/mol. The van der Waals surface area contributed by atoms with E-state index in [9.17, 15) is 9.59 Å². The first-order chi connectivity index (χ1) is 11.8. The molecule has 0 fully saturated rings. The molecule has 1 aromatic heterocycles. The van der Waals surface area contributed by atoms with Crippen molar-refractivity contribution in [2.75, 3.05) is 7.05 Å². The number of furan rings is 1. The molecule has 1 aromatic carbocycles. The molecule has 0 aliphatic heterocycles. The Labute approximate surface area is 147 Å². The largest absolute Gasteiger partial charge is 0.491 e. The number of benzene rings is 1. The molecule has 134 valence electrons. The van der Waals surface area contributed by atoms with Gasteiger partial charge in [0, 0.05) is 12.6 Å². The smallest absolute Gasteiger partial charge is 0.339 e. The van der Waals surface area contributed by atoms with Crippen LogP contribution in [0.25, 0.3) is 0 Å². The van der Waals surface area contributed by atoms with Crippen molar-refractivity contribution >= 4 is 11.9 Å². The minimum absolute atomic E-state index is 0.0227. The molecule has 0 aliphatic carbocycles. The van der Waals surface area contributed by atoms with Crippen LogP contribution in [0.15, 0.2) is 34.7 Å². The van der Waals surface area contributed by atoms with Crippen molar-refractivity contribution in [3.8, 4) is 5.75 Å². The highest BCUT2D eigenvalue weighted by Gasteiger charge is 2.18. The van der Waals surface area contributed by atoms with Gasteiger partial charge in [-0.05, 0) is 32.9 Å². The number of rotatable bonds is 7. The van der Waals surface area contributed by atoms with E-state index >= 15 is 0 Å². The highest BCUT2D eigenvalue weighted by molar-refractivity contribution is 5.88. The molecule has 1 N–H and O–H groups in total. The van der Waals surface area contributed by atoms with E-state index in [1.165, 1.54) is 11.0 Å². The van der Waals surface area contributed by atoms with Crippen LogP contribution in [0.5, 0.6) is 5.75 Å². The van der Waals surface area contributed by atoms with Gasteiger partial charge in [0.1, 0.15) is 22.8 Å². The number of nitrogens with zero attached hydrogens (tertiary/aromatic N) is 1. The van der Waals surface area contributed by atoms with Gasteiger partial charge in [0.25, 0.3) is 0 Å². The summed E-state index contributed by atoms with van der Waals surface area (Å²) in [5, 5.41) is 9.07. The van der Waals surface area contributed by atoms with Gasteiger partial charge in [-0.15, -0.1) is 0 Å². The van der Waals surface area contributed by atoms with Crippen molar-refractivity contribution in [3.63, 3.8) is 0 Å². The van der Waals surface area contributed by atoms with Gasteiger partial charge in [-0.1, -0.05) is 18.2 Å². The predicted molar refractivity (Wildman–Crippen MR) is 92.8 cm³/mol. The quantitative estimate of drug-likeness (QED) is 0.833. The number of carbonyl (C=O) groups excluding carboxylic acids is 1. The summed E-state index contributed by atoms with van der Waals surface area (Å²) in [6.07, 6.45) is 0.222. The number of amides is 1. The van der Waals surface area contributed by atoms with Crippen molar-refractivity contribution in [2.24, 2.45) is 0 Å². The zero-order chi connectivity index (χ0) is 18.6. The topological polar surface area (TPSA) is 80.0 Å². The molecule has 6 nitrogen and oxygen atoms in total. The summed E-state index contributed by atoms with van der Waals surface area (Å²) in [5.74, 6) is 0.324. The van der Waals surface area contributed by atoms with Crippen molar-refractivity contribution in [2.45, 2.75) is 39.8 Å². The Morgan fingerprint density at radius 3 is 2.56 bits per heavy atom.